The zero-order chi connectivity index (χ0) is 12.8. The summed E-state index contributed by atoms with van der Waals surface area (Å²) < 4.78 is 0.290. The fraction of sp³-hybridized carbons (Fsp3) is 0.250. The summed E-state index contributed by atoms with van der Waals surface area (Å²) in [6, 6.07) is 0. The molecule has 0 atom stereocenters. The van der Waals surface area contributed by atoms with Gasteiger partial charge in [0.25, 0.3) is 0 Å². The van der Waals surface area contributed by atoms with Crippen molar-refractivity contribution in [3.63, 3.8) is 0 Å². The number of hydrogen-bond acceptors (Lipinski definition) is 6. The summed E-state index contributed by atoms with van der Waals surface area (Å²) in [5.41, 5.74) is 0. The molecule has 0 rings (SSSR count). The molecule has 4 nitrogen and oxygen atoms in total. The van der Waals surface area contributed by atoms with Gasteiger partial charge in [0, 0.05) is 25.3 Å². The van der Waals surface area contributed by atoms with Gasteiger partial charge in [-0.1, -0.05) is 0 Å². The Kier molecular flexibility index (Phi) is 23.8. The van der Waals surface area contributed by atoms with Crippen molar-refractivity contribution < 1.29 is 29.1 Å². The van der Waals surface area contributed by atoms with E-state index in [0.29, 0.717) is 0 Å². The summed E-state index contributed by atoms with van der Waals surface area (Å²) in [7, 11) is 0. The van der Waals surface area contributed by atoms with E-state index in [1.54, 1.807) is 0 Å². The largest absolute Gasteiger partial charge is 2.00 e. The fourth-order valence-electron chi connectivity index (χ4n) is 0.341. The maximum absolute atomic E-state index is 9.62. The van der Waals surface area contributed by atoms with Gasteiger partial charge in [-0.25, -0.2) is 0 Å². The van der Waals surface area contributed by atoms with Gasteiger partial charge in [-0.15, -0.1) is 0 Å². The van der Waals surface area contributed by atoms with Gasteiger partial charge >= 0.3 is 19.5 Å². The Morgan fingerprint density at radius 1 is 0.941 bits per heavy atom. The minimum atomic E-state index is 0. The zero-order valence-corrected chi connectivity index (χ0v) is 15.0. The summed E-state index contributed by atoms with van der Waals surface area (Å²) >= 11 is 17.6. The van der Waals surface area contributed by atoms with Gasteiger partial charge in [0.15, 0.2) is 0 Å². The first-order valence-corrected chi connectivity index (χ1v) is 5.52. The quantitative estimate of drug-likeness (QED) is 0.245. The number of carbonyl (C=O) groups excluding carboxylic acids is 2. The topological polar surface area (TPSA) is 58.9 Å². The number of nitrogens with zero attached hydrogens (tertiary/aromatic N) is 2. The van der Waals surface area contributed by atoms with Crippen molar-refractivity contribution >= 4 is 83.3 Å². The Morgan fingerprint density at radius 2 is 1.24 bits per heavy atom. The second-order valence-corrected chi connectivity index (χ2v) is 4.02. The number of aldehydes is 2. The van der Waals surface area contributed by atoms with Gasteiger partial charge in [-0.2, -0.15) is 0 Å². The first-order valence-electron chi connectivity index (χ1n) is 3.88. The molecule has 0 radical (unpaired) electrons. The fourth-order valence-corrected chi connectivity index (χ4v) is 0.639. The molecule has 9 heteroatoms. The smallest absolute Gasteiger partial charge is 0.409 e. The van der Waals surface area contributed by atoms with E-state index >= 15 is 0 Å². The molecule has 0 heterocycles. The number of rotatable bonds is 4. The molecule has 0 aromatic heterocycles. The second-order valence-electron chi connectivity index (χ2n) is 1.96. The van der Waals surface area contributed by atoms with E-state index < -0.39 is 0 Å². The van der Waals surface area contributed by atoms with Gasteiger partial charge < -0.3 is 59.3 Å². The molecule has 0 aromatic carbocycles. The Labute approximate surface area is 134 Å². The molecule has 0 saturated carbocycles. The van der Waals surface area contributed by atoms with Crippen LogP contribution in [0.4, 0.5) is 0 Å². The zero-order valence-electron chi connectivity index (χ0n) is 8.77. The molecule has 0 N–H and O–H groups in total. The second kappa shape index (κ2) is 18.3. The SMILES string of the molecule is O=CCC=NC(=S)[S-].O=CCC=NC(=S)[S-].[Zn+2]. The van der Waals surface area contributed by atoms with Gasteiger partial charge in [0.1, 0.15) is 12.6 Å². The summed E-state index contributed by atoms with van der Waals surface area (Å²) in [6.07, 6.45) is 4.83. The van der Waals surface area contributed by atoms with Crippen molar-refractivity contribution in [1.82, 2.24) is 0 Å². The monoisotopic (exact) mass is 356 g/mol. The van der Waals surface area contributed by atoms with Crippen LogP contribution in [0.15, 0.2) is 9.98 Å². The van der Waals surface area contributed by atoms with Crippen LogP contribution in [-0.4, -0.2) is 33.6 Å². The normalized spacial score (nSPS) is 8.94. The molecule has 17 heavy (non-hydrogen) atoms. The van der Waals surface area contributed by atoms with Gasteiger partial charge in [0.2, 0.25) is 0 Å². The van der Waals surface area contributed by atoms with Crippen LogP contribution in [-0.2, 0) is 54.3 Å². The Balaban J connectivity index is -0.000000218. The van der Waals surface area contributed by atoms with Gasteiger partial charge in [0.05, 0.1) is 0 Å². The van der Waals surface area contributed by atoms with Crippen LogP contribution in [0.1, 0.15) is 12.8 Å². The standard InChI is InChI=1S/2C4H5NOS2.Zn/c2*6-3-1-2-5-4(7)8;/h2*2-3H,1H2,(H,7,8);/q;;+2/p-2. The molecular formula is C8H8N2O2S4Zn. The molecule has 0 saturated heterocycles. The van der Waals surface area contributed by atoms with Crippen LogP contribution in [0.3, 0.4) is 0 Å². The number of thiocarbonyl (C=S) groups is 2. The first kappa shape index (κ1) is 22.1. The summed E-state index contributed by atoms with van der Waals surface area (Å²) in [5, 5.41) is 0. The van der Waals surface area contributed by atoms with E-state index in [0.717, 1.165) is 12.6 Å². The van der Waals surface area contributed by atoms with E-state index in [2.05, 4.69) is 59.7 Å². The maximum Gasteiger partial charge on any atom is 2.00 e. The van der Waals surface area contributed by atoms with Crippen molar-refractivity contribution in [2.24, 2.45) is 9.98 Å². The van der Waals surface area contributed by atoms with Crippen molar-refractivity contribution in [3.05, 3.63) is 0 Å². The number of carbonyl (C=O) groups is 2. The van der Waals surface area contributed by atoms with Crippen molar-refractivity contribution in [1.29, 1.82) is 0 Å². The van der Waals surface area contributed by atoms with Gasteiger partial charge in [-0.3, -0.25) is 9.98 Å². The van der Waals surface area contributed by atoms with Crippen molar-refractivity contribution in [2.45, 2.75) is 12.8 Å². The molecule has 0 aliphatic carbocycles. The molecular weight excluding hydrogens is 350 g/mol. The number of aliphatic imine (C=N–C) groups is 2. The average Bonchev–Trinajstić information content (AvgIpc) is 2.18. The van der Waals surface area contributed by atoms with Crippen LogP contribution in [0.25, 0.3) is 0 Å². The van der Waals surface area contributed by atoms with E-state index in [9.17, 15) is 9.59 Å². The minimum Gasteiger partial charge on any atom is -0.409 e. The summed E-state index contributed by atoms with van der Waals surface area (Å²) in [6.45, 7) is 0. The predicted molar refractivity (Wildman–Crippen MR) is 78.3 cm³/mol. The molecule has 0 spiro atoms. The van der Waals surface area contributed by atoms with Crippen LogP contribution >= 0.6 is 24.4 Å². The van der Waals surface area contributed by atoms with Gasteiger partial charge in [-0.05, 0) is 8.64 Å². The van der Waals surface area contributed by atoms with Crippen molar-refractivity contribution in [2.75, 3.05) is 0 Å². The van der Waals surface area contributed by atoms with E-state index in [4.69, 9.17) is 0 Å². The van der Waals surface area contributed by atoms with E-state index in [1.165, 1.54) is 12.4 Å². The summed E-state index contributed by atoms with van der Waals surface area (Å²) in [4.78, 5) is 26.2. The first-order chi connectivity index (χ1) is 7.54. The Hall–Kier alpha value is -0.0766. The molecule has 0 aromatic rings. The third-order valence-corrected chi connectivity index (χ3v) is 1.22. The Morgan fingerprint density at radius 3 is 1.41 bits per heavy atom. The average molecular weight is 358 g/mol. The third-order valence-electron chi connectivity index (χ3n) is 0.797. The summed E-state index contributed by atoms with van der Waals surface area (Å²) in [5.74, 6) is 0. The molecule has 88 valence electrons. The molecule has 0 aliphatic rings. The molecule has 0 aliphatic heterocycles. The van der Waals surface area contributed by atoms with E-state index in [1.807, 2.05) is 0 Å². The molecule has 0 bridgehead atoms. The van der Waals surface area contributed by atoms with Crippen LogP contribution in [0.2, 0.25) is 0 Å². The van der Waals surface area contributed by atoms with E-state index in [-0.39, 0.29) is 41.0 Å². The van der Waals surface area contributed by atoms with Crippen molar-refractivity contribution in [3.8, 4) is 0 Å². The predicted octanol–water partition coefficient (Wildman–Crippen LogP) is 0.954. The molecule has 0 amide bonds. The Bertz CT molecular complexity index is 278. The molecule has 0 unspecified atom stereocenters. The van der Waals surface area contributed by atoms with Crippen LogP contribution in [0, 0.1) is 0 Å². The van der Waals surface area contributed by atoms with Crippen LogP contribution < -0.4 is 0 Å². The minimum absolute atomic E-state index is 0. The third kappa shape index (κ3) is 31.3. The number of hydrogen-bond donors (Lipinski definition) is 0. The maximum atomic E-state index is 9.62. The molecule has 0 fully saturated rings. The van der Waals surface area contributed by atoms with Crippen LogP contribution in [0.5, 0.6) is 0 Å².